The predicted molar refractivity (Wildman–Crippen MR) is 112 cm³/mol. The van der Waals surface area contributed by atoms with Gasteiger partial charge in [0.25, 0.3) is 0 Å². The molecule has 27 heavy (non-hydrogen) atoms. The van der Waals surface area contributed by atoms with Crippen molar-refractivity contribution >= 4 is 53.1 Å². The number of piperidine rings is 1. The highest BCUT2D eigenvalue weighted by Gasteiger charge is 2.28. The van der Waals surface area contributed by atoms with E-state index in [1.54, 1.807) is 18.2 Å². The number of carbonyl (C=O) groups excluding carboxylic acids is 2. The second-order valence-electron chi connectivity index (χ2n) is 7.17. The van der Waals surface area contributed by atoms with Gasteiger partial charge in [0.15, 0.2) is 0 Å². The topological polar surface area (TPSA) is 61.4 Å². The Kier molecular flexibility index (Phi) is 8.67. The van der Waals surface area contributed by atoms with Crippen LogP contribution in [0.2, 0.25) is 10.0 Å². The van der Waals surface area contributed by atoms with Gasteiger partial charge >= 0.3 is 0 Å². The number of likely N-dealkylation sites (tertiary alicyclic amines) is 1. The van der Waals surface area contributed by atoms with Crippen molar-refractivity contribution in [3.05, 3.63) is 28.2 Å². The Balaban J connectivity index is 0.00000261. The molecule has 5 nitrogen and oxygen atoms in total. The normalized spacial score (nSPS) is 20.2. The van der Waals surface area contributed by atoms with Crippen LogP contribution in [0.15, 0.2) is 18.2 Å². The molecule has 0 saturated carbocycles. The molecule has 0 aliphatic carbocycles. The van der Waals surface area contributed by atoms with E-state index in [1.807, 2.05) is 4.90 Å². The summed E-state index contributed by atoms with van der Waals surface area (Å²) in [6, 6.07) is 5.06. The van der Waals surface area contributed by atoms with Crippen molar-refractivity contribution in [2.24, 2.45) is 11.8 Å². The summed E-state index contributed by atoms with van der Waals surface area (Å²) in [5.41, 5.74) is 0.646. The van der Waals surface area contributed by atoms with Crippen LogP contribution < -0.4 is 10.6 Å². The quantitative estimate of drug-likeness (QED) is 0.737. The van der Waals surface area contributed by atoms with E-state index in [1.165, 1.54) is 6.42 Å². The minimum Gasteiger partial charge on any atom is -0.343 e. The summed E-state index contributed by atoms with van der Waals surface area (Å²) in [7, 11) is 0. The molecule has 1 aromatic carbocycles. The van der Waals surface area contributed by atoms with Crippen molar-refractivity contribution in [2.75, 3.05) is 31.5 Å². The monoisotopic (exact) mass is 433 g/mol. The SMILES string of the molecule is Cl.O=C(Nc1ccc(Cl)c(Cl)c1)C1CCN(C(=O)CCC2CCNC2)CC1. The summed E-state index contributed by atoms with van der Waals surface area (Å²) >= 11 is 11.9. The molecule has 1 unspecified atom stereocenters. The van der Waals surface area contributed by atoms with Gasteiger partial charge in [-0.15, -0.1) is 12.4 Å². The van der Waals surface area contributed by atoms with Gasteiger partial charge in [0, 0.05) is 31.1 Å². The Hall–Kier alpha value is -1.01. The maximum absolute atomic E-state index is 12.4. The first kappa shape index (κ1) is 22.3. The number of hydrogen-bond donors (Lipinski definition) is 2. The van der Waals surface area contributed by atoms with Gasteiger partial charge in [0.1, 0.15) is 0 Å². The van der Waals surface area contributed by atoms with Gasteiger partial charge in [-0.3, -0.25) is 9.59 Å². The van der Waals surface area contributed by atoms with Crippen molar-refractivity contribution in [1.82, 2.24) is 10.2 Å². The molecule has 150 valence electrons. The zero-order valence-electron chi connectivity index (χ0n) is 15.2. The van der Waals surface area contributed by atoms with Gasteiger partial charge in [-0.2, -0.15) is 0 Å². The third-order valence-electron chi connectivity index (χ3n) is 5.33. The van der Waals surface area contributed by atoms with Gasteiger partial charge in [0.05, 0.1) is 10.0 Å². The van der Waals surface area contributed by atoms with E-state index in [2.05, 4.69) is 10.6 Å². The van der Waals surface area contributed by atoms with Crippen LogP contribution in [0.1, 0.15) is 32.1 Å². The summed E-state index contributed by atoms with van der Waals surface area (Å²) in [4.78, 5) is 26.7. The van der Waals surface area contributed by atoms with E-state index >= 15 is 0 Å². The third-order valence-corrected chi connectivity index (χ3v) is 6.07. The standard InChI is InChI=1S/C19H25Cl2N3O2.ClH/c20-16-3-2-15(11-17(16)21)23-19(26)14-6-9-24(10-7-14)18(25)4-1-13-5-8-22-12-13;/h2-3,11,13-14,22H,1,4-10,12H2,(H,23,26);1H. The summed E-state index contributed by atoms with van der Waals surface area (Å²) in [5, 5.41) is 7.11. The fourth-order valence-corrected chi connectivity index (χ4v) is 3.95. The van der Waals surface area contributed by atoms with Gasteiger partial charge in [-0.05, 0) is 62.9 Å². The van der Waals surface area contributed by atoms with Crippen LogP contribution in [0.25, 0.3) is 0 Å². The van der Waals surface area contributed by atoms with Crippen LogP contribution in [0.4, 0.5) is 5.69 Å². The van der Waals surface area contributed by atoms with E-state index in [-0.39, 0.29) is 30.1 Å². The lowest BCUT2D eigenvalue weighted by Crippen LogP contribution is -2.41. The van der Waals surface area contributed by atoms with Crippen molar-refractivity contribution in [3.63, 3.8) is 0 Å². The number of carbonyl (C=O) groups is 2. The van der Waals surface area contributed by atoms with Crippen molar-refractivity contribution in [2.45, 2.75) is 32.1 Å². The Morgan fingerprint density at radius 1 is 1.15 bits per heavy atom. The summed E-state index contributed by atoms with van der Waals surface area (Å²) in [6.07, 6.45) is 4.15. The molecule has 2 amide bonds. The van der Waals surface area contributed by atoms with E-state index < -0.39 is 0 Å². The highest BCUT2D eigenvalue weighted by atomic mass is 35.5. The maximum atomic E-state index is 12.4. The fourth-order valence-electron chi connectivity index (χ4n) is 3.66. The predicted octanol–water partition coefficient (Wildman–Crippen LogP) is 3.98. The Labute approximate surface area is 176 Å². The summed E-state index contributed by atoms with van der Waals surface area (Å²) in [6.45, 7) is 3.41. The highest BCUT2D eigenvalue weighted by molar-refractivity contribution is 6.42. The highest BCUT2D eigenvalue weighted by Crippen LogP contribution is 2.26. The van der Waals surface area contributed by atoms with Crippen molar-refractivity contribution in [3.8, 4) is 0 Å². The van der Waals surface area contributed by atoms with Crippen LogP contribution in [0.5, 0.6) is 0 Å². The molecule has 3 rings (SSSR count). The minimum absolute atomic E-state index is 0. The molecule has 0 aromatic heterocycles. The third kappa shape index (κ3) is 6.24. The first-order valence-electron chi connectivity index (χ1n) is 9.27. The Morgan fingerprint density at radius 2 is 1.89 bits per heavy atom. The molecule has 2 heterocycles. The minimum atomic E-state index is -0.0764. The summed E-state index contributed by atoms with van der Waals surface area (Å²) < 4.78 is 0. The number of amides is 2. The number of halogens is 3. The number of benzene rings is 1. The van der Waals surface area contributed by atoms with Gasteiger partial charge in [0.2, 0.25) is 11.8 Å². The molecule has 2 aliphatic heterocycles. The largest absolute Gasteiger partial charge is 0.343 e. The Bertz CT molecular complexity index is 658. The molecule has 1 atom stereocenters. The van der Waals surface area contributed by atoms with E-state index in [0.29, 0.717) is 54.0 Å². The van der Waals surface area contributed by atoms with Crippen LogP contribution >= 0.6 is 35.6 Å². The van der Waals surface area contributed by atoms with E-state index in [0.717, 1.165) is 19.5 Å². The molecule has 1 aromatic rings. The molecular formula is C19H26Cl3N3O2. The second-order valence-corrected chi connectivity index (χ2v) is 7.99. The molecule has 2 saturated heterocycles. The first-order valence-corrected chi connectivity index (χ1v) is 10.0. The lowest BCUT2D eigenvalue weighted by Gasteiger charge is -2.31. The second kappa shape index (κ2) is 10.5. The zero-order chi connectivity index (χ0) is 18.5. The van der Waals surface area contributed by atoms with Gasteiger partial charge in [-0.25, -0.2) is 0 Å². The first-order chi connectivity index (χ1) is 12.5. The molecule has 2 fully saturated rings. The molecule has 8 heteroatoms. The lowest BCUT2D eigenvalue weighted by molar-refractivity contribution is -0.134. The average Bonchev–Trinajstić information content (AvgIpc) is 3.16. The molecule has 0 radical (unpaired) electrons. The molecule has 0 spiro atoms. The maximum Gasteiger partial charge on any atom is 0.227 e. The molecule has 2 aliphatic rings. The fraction of sp³-hybridized carbons (Fsp3) is 0.579. The lowest BCUT2D eigenvalue weighted by atomic mass is 9.95. The Morgan fingerprint density at radius 3 is 2.52 bits per heavy atom. The van der Waals surface area contributed by atoms with Crippen LogP contribution in [-0.2, 0) is 9.59 Å². The number of nitrogens with zero attached hydrogens (tertiary/aromatic N) is 1. The number of hydrogen-bond acceptors (Lipinski definition) is 3. The average molecular weight is 435 g/mol. The van der Waals surface area contributed by atoms with Crippen molar-refractivity contribution in [1.29, 1.82) is 0 Å². The molecular weight excluding hydrogens is 409 g/mol. The van der Waals surface area contributed by atoms with Crippen molar-refractivity contribution < 1.29 is 9.59 Å². The number of rotatable bonds is 5. The number of nitrogens with one attached hydrogen (secondary N) is 2. The zero-order valence-corrected chi connectivity index (χ0v) is 17.5. The van der Waals surface area contributed by atoms with Crippen LogP contribution in [-0.4, -0.2) is 42.9 Å². The molecule has 0 bridgehead atoms. The van der Waals surface area contributed by atoms with Gasteiger partial charge < -0.3 is 15.5 Å². The summed E-state index contributed by atoms with van der Waals surface area (Å²) in [5.74, 6) is 0.758. The van der Waals surface area contributed by atoms with E-state index in [4.69, 9.17) is 23.2 Å². The van der Waals surface area contributed by atoms with E-state index in [9.17, 15) is 9.59 Å². The number of anilines is 1. The molecule has 2 N–H and O–H groups in total. The smallest absolute Gasteiger partial charge is 0.227 e. The van der Waals surface area contributed by atoms with Crippen LogP contribution in [0, 0.1) is 11.8 Å². The van der Waals surface area contributed by atoms with Crippen LogP contribution in [0.3, 0.4) is 0 Å². The van der Waals surface area contributed by atoms with Gasteiger partial charge in [-0.1, -0.05) is 23.2 Å².